The zero-order chi connectivity index (χ0) is 23.3. The Hall–Kier alpha value is -3.24. The number of hydrogen-bond acceptors (Lipinski definition) is 6. The highest BCUT2D eigenvalue weighted by Gasteiger charge is 2.35. The molecule has 32 heavy (non-hydrogen) atoms. The molecule has 0 unspecified atom stereocenters. The highest BCUT2D eigenvalue weighted by atomic mass is 19.4. The number of hydrogen-bond donors (Lipinski definition) is 1. The molecular weight excluding hydrogens is 431 g/mol. The number of nitrogens with one attached hydrogen (secondary N) is 1. The lowest BCUT2D eigenvalue weighted by atomic mass is 10.2. The van der Waals surface area contributed by atoms with E-state index >= 15 is 0 Å². The maximum absolute atomic E-state index is 12.5. The number of benzene rings is 1. The van der Waals surface area contributed by atoms with Crippen LogP contribution in [0.4, 0.5) is 18.0 Å². The van der Waals surface area contributed by atoms with Gasteiger partial charge in [0.1, 0.15) is 5.75 Å². The van der Waals surface area contributed by atoms with Crippen molar-refractivity contribution in [2.24, 2.45) is 0 Å². The Morgan fingerprint density at radius 2 is 2.12 bits per heavy atom. The van der Waals surface area contributed by atoms with Gasteiger partial charge in [0.05, 0.1) is 12.8 Å². The van der Waals surface area contributed by atoms with E-state index in [2.05, 4.69) is 15.0 Å². The number of carbonyl (C=O) groups excluding carboxylic acids is 2. The van der Waals surface area contributed by atoms with Gasteiger partial charge in [0.15, 0.2) is 5.76 Å². The van der Waals surface area contributed by atoms with E-state index in [1.807, 2.05) is 13.8 Å². The number of likely N-dealkylation sites (tertiary alicyclic amines) is 1. The Bertz CT molecular complexity index is 947. The summed E-state index contributed by atoms with van der Waals surface area (Å²) in [6.07, 6.45) is -1.75. The molecule has 0 aliphatic carbocycles. The van der Waals surface area contributed by atoms with Gasteiger partial charge in [-0.3, -0.25) is 4.79 Å². The summed E-state index contributed by atoms with van der Waals surface area (Å²) in [5, 5.41) is 2.77. The standard InChI is InChI=1S/C21H24F3N3O5/c1-3-4-8-30-20(29)27-12-15(9-13(27)2)26-18(28)19-25-11-17(31-19)14-6-5-7-16(10-14)32-21(22,23)24/h5-7,10-11,13,15H,3-4,8-9,12H2,1-2H3,(H,26,28)/t13-,15-/m1/s1. The Labute approximate surface area is 182 Å². The van der Waals surface area contributed by atoms with Gasteiger partial charge >= 0.3 is 18.4 Å². The van der Waals surface area contributed by atoms with Crippen LogP contribution in [0.15, 0.2) is 34.9 Å². The van der Waals surface area contributed by atoms with Crippen LogP contribution in [0, 0.1) is 0 Å². The van der Waals surface area contributed by atoms with E-state index < -0.39 is 24.1 Å². The lowest BCUT2D eigenvalue weighted by Crippen LogP contribution is -2.39. The summed E-state index contributed by atoms with van der Waals surface area (Å²) in [4.78, 5) is 30.2. The number of rotatable bonds is 7. The van der Waals surface area contributed by atoms with Gasteiger partial charge in [-0.1, -0.05) is 25.5 Å². The third-order valence-corrected chi connectivity index (χ3v) is 4.92. The average Bonchev–Trinajstić information content (AvgIpc) is 3.34. The van der Waals surface area contributed by atoms with Crippen LogP contribution >= 0.6 is 0 Å². The van der Waals surface area contributed by atoms with E-state index in [1.165, 1.54) is 18.3 Å². The van der Waals surface area contributed by atoms with Crippen molar-refractivity contribution in [1.82, 2.24) is 15.2 Å². The van der Waals surface area contributed by atoms with Crippen molar-refractivity contribution in [2.45, 2.75) is 51.6 Å². The van der Waals surface area contributed by atoms with Crippen LogP contribution in [-0.4, -0.2) is 53.5 Å². The summed E-state index contributed by atoms with van der Waals surface area (Å²) < 4.78 is 51.8. The van der Waals surface area contributed by atoms with Gasteiger partial charge < -0.3 is 24.1 Å². The molecule has 2 atom stereocenters. The largest absolute Gasteiger partial charge is 0.573 e. The Kier molecular flexibility index (Phi) is 7.26. The zero-order valence-corrected chi connectivity index (χ0v) is 17.6. The summed E-state index contributed by atoms with van der Waals surface area (Å²) in [5.41, 5.74) is 0.272. The Morgan fingerprint density at radius 1 is 1.34 bits per heavy atom. The minimum absolute atomic E-state index is 0.106. The van der Waals surface area contributed by atoms with Crippen LogP contribution in [0.1, 0.15) is 43.8 Å². The minimum Gasteiger partial charge on any atom is -0.449 e. The second-order valence-electron chi connectivity index (χ2n) is 7.48. The molecule has 174 valence electrons. The van der Waals surface area contributed by atoms with Crippen molar-refractivity contribution >= 4 is 12.0 Å². The lowest BCUT2D eigenvalue weighted by Gasteiger charge is -2.20. The third kappa shape index (κ3) is 6.14. The molecule has 2 heterocycles. The zero-order valence-electron chi connectivity index (χ0n) is 17.6. The van der Waals surface area contributed by atoms with Crippen LogP contribution in [0.25, 0.3) is 11.3 Å². The van der Waals surface area contributed by atoms with Gasteiger partial charge in [0.25, 0.3) is 5.89 Å². The van der Waals surface area contributed by atoms with Crippen molar-refractivity contribution in [3.8, 4) is 17.1 Å². The molecule has 1 fully saturated rings. The first-order chi connectivity index (χ1) is 15.2. The molecule has 8 nitrogen and oxygen atoms in total. The van der Waals surface area contributed by atoms with Crippen LogP contribution in [-0.2, 0) is 4.74 Å². The molecule has 0 bridgehead atoms. The molecular formula is C21H24F3N3O5. The predicted octanol–water partition coefficient (Wildman–Crippen LogP) is 4.37. The summed E-state index contributed by atoms with van der Waals surface area (Å²) in [7, 11) is 0. The van der Waals surface area contributed by atoms with Crippen LogP contribution in [0.3, 0.4) is 0 Å². The Balaban J connectivity index is 1.60. The summed E-state index contributed by atoms with van der Waals surface area (Å²) >= 11 is 0. The maximum atomic E-state index is 12.5. The Morgan fingerprint density at radius 3 is 2.84 bits per heavy atom. The molecule has 0 radical (unpaired) electrons. The number of amides is 2. The van der Waals surface area contributed by atoms with Crippen molar-refractivity contribution in [1.29, 1.82) is 0 Å². The molecule has 0 spiro atoms. The number of nitrogens with zero attached hydrogens (tertiary/aromatic N) is 2. The minimum atomic E-state index is -4.82. The predicted molar refractivity (Wildman–Crippen MR) is 107 cm³/mol. The molecule has 1 aromatic carbocycles. The number of oxazole rings is 1. The van der Waals surface area contributed by atoms with Crippen molar-refractivity contribution in [3.63, 3.8) is 0 Å². The smallest absolute Gasteiger partial charge is 0.449 e. The number of unbranched alkanes of at least 4 members (excludes halogenated alkanes) is 1. The molecule has 1 N–H and O–H groups in total. The van der Waals surface area contributed by atoms with Gasteiger partial charge in [0.2, 0.25) is 0 Å². The molecule has 11 heteroatoms. The van der Waals surface area contributed by atoms with Gasteiger partial charge in [-0.15, -0.1) is 13.2 Å². The van der Waals surface area contributed by atoms with E-state index in [9.17, 15) is 22.8 Å². The number of halogens is 3. The highest BCUT2D eigenvalue weighted by Crippen LogP contribution is 2.28. The maximum Gasteiger partial charge on any atom is 0.573 e. The van der Waals surface area contributed by atoms with E-state index in [1.54, 1.807) is 4.90 Å². The lowest BCUT2D eigenvalue weighted by molar-refractivity contribution is -0.274. The van der Waals surface area contributed by atoms with Gasteiger partial charge in [-0.2, -0.15) is 0 Å². The van der Waals surface area contributed by atoms with Gasteiger partial charge in [-0.05, 0) is 31.9 Å². The van der Waals surface area contributed by atoms with E-state index in [0.29, 0.717) is 19.6 Å². The summed E-state index contributed by atoms with van der Waals surface area (Å²) in [6.45, 7) is 4.51. The molecule has 0 saturated carbocycles. The topological polar surface area (TPSA) is 93.9 Å². The second kappa shape index (κ2) is 9.92. The van der Waals surface area contributed by atoms with E-state index in [4.69, 9.17) is 9.15 Å². The summed E-state index contributed by atoms with van der Waals surface area (Å²) in [6, 6.07) is 4.75. The van der Waals surface area contributed by atoms with Crippen molar-refractivity contribution in [3.05, 3.63) is 36.4 Å². The van der Waals surface area contributed by atoms with Crippen LogP contribution in [0.5, 0.6) is 5.75 Å². The molecule has 2 aromatic rings. The third-order valence-electron chi connectivity index (χ3n) is 4.92. The van der Waals surface area contributed by atoms with Gasteiger partial charge in [0, 0.05) is 24.2 Å². The average molecular weight is 455 g/mol. The first kappa shape index (κ1) is 23.4. The second-order valence-corrected chi connectivity index (χ2v) is 7.48. The van der Waals surface area contributed by atoms with Gasteiger partial charge in [-0.25, -0.2) is 9.78 Å². The SMILES string of the molecule is CCCCOC(=O)N1C[C@H](NC(=O)c2ncc(-c3cccc(OC(F)(F)F)c3)o2)C[C@H]1C. The fourth-order valence-electron chi connectivity index (χ4n) is 3.38. The molecule has 1 aliphatic rings. The number of alkyl halides is 3. The number of ether oxygens (including phenoxy) is 2. The van der Waals surface area contributed by atoms with Crippen LogP contribution < -0.4 is 10.1 Å². The first-order valence-electron chi connectivity index (χ1n) is 10.2. The van der Waals surface area contributed by atoms with E-state index in [-0.39, 0.29) is 29.3 Å². The van der Waals surface area contributed by atoms with Crippen molar-refractivity contribution < 1.29 is 36.7 Å². The number of aromatic nitrogens is 1. The summed E-state index contributed by atoms with van der Waals surface area (Å²) in [5.74, 6) is -1.12. The normalized spacial score (nSPS) is 18.5. The quantitative estimate of drug-likeness (QED) is 0.623. The monoisotopic (exact) mass is 455 g/mol. The van der Waals surface area contributed by atoms with E-state index in [0.717, 1.165) is 25.0 Å². The first-order valence-corrected chi connectivity index (χ1v) is 10.2. The molecule has 1 aromatic heterocycles. The molecule has 3 rings (SSSR count). The molecule has 1 aliphatic heterocycles. The molecule has 1 saturated heterocycles. The van der Waals surface area contributed by atoms with Crippen molar-refractivity contribution in [2.75, 3.05) is 13.2 Å². The number of carbonyl (C=O) groups is 2. The van der Waals surface area contributed by atoms with Crippen LogP contribution in [0.2, 0.25) is 0 Å². The fraction of sp³-hybridized carbons (Fsp3) is 0.476. The fourth-order valence-corrected chi connectivity index (χ4v) is 3.38. The highest BCUT2D eigenvalue weighted by molar-refractivity contribution is 5.90. The molecule has 2 amide bonds.